The molecule has 2 aromatic carbocycles. The lowest BCUT2D eigenvalue weighted by molar-refractivity contribution is -0.137. The zero-order chi connectivity index (χ0) is 22.0. The molecule has 4 rings (SSSR count). The number of hydrogen-bond acceptors (Lipinski definition) is 2. The van der Waals surface area contributed by atoms with Gasteiger partial charge in [-0.05, 0) is 60.7 Å². The lowest BCUT2D eigenvalue weighted by Gasteiger charge is -2.21. The van der Waals surface area contributed by atoms with E-state index in [-0.39, 0.29) is 24.4 Å². The number of halogens is 3. The quantitative estimate of drug-likeness (QED) is 0.605. The summed E-state index contributed by atoms with van der Waals surface area (Å²) in [5.74, 6) is -0.0389. The van der Waals surface area contributed by atoms with E-state index in [2.05, 4.69) is 0 Å². The first-order valence-electron chi connectivity index (χ1n) is 10.4. The second-order valence-electron chi connectivity index (χ2n) is 7.97. The normalized spacial score (nSPS) is 16.9. The van der Waals surface area contributed by atoms with Crippen molar-refractivity contribution < 1.29 is 22.8 Å². The van der Waals surface area contributed by atoms with Crippen molar-refractivity contribution in [1.29, 1.82) is 0 Å². The van der Waals surface area contributed by atoms with Gasteiger partial charge >= 0.3 is 6.18 Å². The van der Waals surface area contributed by atoms with Crippen LogP contribution >= 0.6 is 0 Å². The van der Waals surface area contributed by atoms with Crippen molar-refractivity contribution in [3.8, 4) is 0 Å². The monoisotopic (exact) mass is 428 g/mol. The first-order chi connectivity index (χ1) is 14.8. The van der Waals surface area contributed by atoms with E-state index in [4.69, 9.17) is 0 Å². The lowest BCUT2D eigenvalue weighted by Crippen LogP contribution is -2.31. The number of amides is 2. The van der Waals surface area contributed by atoms with Crippen molar-refractivity contribution in [3.05, 3.63) is 71.3 Å². The summed E-state index contributed by atoms with van der Waals surface area (Å²) in [6.45, 7) is 1.01. The van der Waals surface area contributed by atoms with E-state index in [1.807, 2.05) is 24.3 Å². The van der Waals surface area contributed by atoms with Crippen LogP contribution in [0.1, 0.15) is 42.4 Å². The lowest BCUT2D eigenvalue weighted by atomic mass is 10.1. The Balaban J connectivity index is 1.40. The van der Waals surface area contributed by atoms with Crippen LogP contribution in [0, 0.1) is 0 Å². The van der Waals surface area contributed by atoms with E-state index in [0.717, 1.165) is 49.2 Å². The fourth-order valence-corrected chi connectivity index (χ4v) is 3.72. The molecule has 0 bridgehead atoms. The number of carbonyl (C=O) groups is 2. The van der Waals surface area contributed by atoms with E-state index < -0.39 is 11.7 Å². The molecule has 2 amide bonds. The Labute approximate surface area is 179 Å². The summed E-state index contributed by atoms with van der Waals surface area (Å²) in [6, 6.07) is 12.5. The second kappa shape index (κ2) is 8.57. The average molecular weight is 428 g/mol. The third-order valence-corrected chi connectivity index (χ3v) is 5.60. The van der Waals surface area contributed by atoms with Gasteiger partial charge in [-0.2, -0.15) is 13.2 Å². The first kappa shape index (κ1) is 21.2. The molecule has 1 aliphatic carbocycles. The highest BCUT2D eigenvalue weighted by Crippen LogP contribution is 2.31. The molecule has 162 valence electrons. The number of benzene rings is 2. The maximum absolute atomic E-state index is 12.8. The number of nitrogens with zero attached hydrogens (tertiary/aromatic N) is 2. The molecule has 0 spiro atoms. The van der Waals surface area contributed by atoms with E-state index >= 15 is 0 Å². The maximum Gasteiger partial charge on any atom is 0.416 e. The minimum absolute atomic E-state index is 0.127. The Hall–Kier alpha value is -3.09. The van der Waals surface area contributed by atoms with Crippen molar-refractivity contribution >= 4 is 23.6 Å². The van der Waals surface area contributed by atoms with Crippen LogP contribution in [-0.4, -0.2) is 29.3 Å². The van der Waals surface area contributed by atoms with Gasteiger partial charge in [0.1, 0.15) is 0 Å². The number of rotatable bonds is 6. The van der Waals surface area contributed by atoms with Crippen LogP contribution in [0.2, 0.25) is 0 Å². The van der Waals surface area contributed by atoms with Crippen LogP contribution in [0.3, 0.4) is 0 Å². The molecule has 2 aromatic rings. The van der Waals surface area contributed by atoms with E-state index in [1.165, 1.54) is 18.2 Å². The maximum atomic E-state index is 12.8. The third kappa shape index (κ3) is 5.16. The molecule has 1 heterocycles. The third-order valence-electron chi connectivity index (χ3n) is 5.60. The molecule has 2 fully saturated rings. The van der Waals surface area contributed by atoms with Gasteiger partial charge in [-0.25, -0.2) is 0 Å². The summed E-state index contributed by atoms with van der Waals surface area (Å²) in [5.41, 5.74) is 1.67. The van der Waals surface area contributed by atoms with E-state index in [0.29, 0.717) is 12.0 Å². The molecule has 4 nitrogen and oxygen atoms in total. The molecular formula is C24H23F3N2O2. The second-order valence-corrected chi connectivity index (χ2v) is 7.97. The van der Waals surface area contributed by atoms with Crippen LogP contribution in [0.15, 0.2) is 54.6 Å². The van der Waals surface area contributed by atoms with Crippen molar-refractivity contribution in [3.63, 3.8) is 0 Å². The first-order valence-corrected chi connectivity index (χ1v) is 10.4. The SMILES string of the molecule is O=C1CCCN1c1ccc(/C=C/C(=O)N(Cc2ccc(C(F)(F)F)cc2)C2CC2)cc1. The molecule has 0 N–H and O–H groups in total. The van der Waals surface area contributed by atoms with Crippen molar-refractivity contribution in [2.24, 2.45) is 0 Å². The molecule has 0 aromatic heterocycles. The minimum Gasteiger partial charge on any atom is -0.332 e. The molecule has 0 radical (unpaired) electrons. The number of carbonyl (C=O) groups excluding carboxylic acids is 2. The molecule has 2 aliphatic rings. The van der Waals surface area contributed by atoms with Crippen LogP contribution in [0.4, 0.5) is 18.9 Å². The summed E-state index contributed by atoms with van der Waals surface area (Å²) < 4.78 is 38.2. The van der Waals surface area contributed by atoms with Gasteiger partial charge in [0, 0.05) is 37.3 Å². The van der Waals surface area contributed by atoms with Gasteiger partial charge in [0.2, 0.25) is 11.8 Å². The fourth-order valence-electron chi connectivity index (χ4n) is 3.72. The van der Waals surface area contributed by atoms with Gasteiger partial charge in [0.05, 0.1) is 5.56 Å². The Bertz CT molecular complexity index is 977. The smallest absolute Gasteiger partial charge is 0.332 e. The summed E-state index contributed by atoms with van der Waals surface area (Å²) in [4.78, 5) is 28.1. The predicted octanol–water partition coefficient (Wildman–Crippen LogP) is 5.04. The number of alkyl halides is 3. The fraction of sp³-hybridized carbons (Fsp3) is 0.333. The van der Waals surface area contributed by atoms with Gasteiger partial charge in [0.25, 0.3) is 0 Å². The Morgan fingerprint density at radius 2 is 1.74 bits per heavy atom. The van der Waals surface area contributed by atoms with Gasteiger partial charge in [-0.1, -0.05) is 24.3 Å². The van der Waals surface area contributed by atoms with Crippen LogP contribution in [-0.2, 0) is 22.3 Å². The zero-order valence-corrected chi connectivity index (χ0v) is 16.9. The van der Waals surface area contributed by atoms with Crippen molar-refractivity contribution in [2.75, 3.05) is 11.4 Å². The molecule has 31 heavy (non-hydrogen) atoms. The van der Waals surface area contributed by atoms with Gasteiger partial charge in [-0.3, -0.25) is 9.59 Å². The standard InChI is InChI=1S/C24H23F3N2O2/c25-24(26,27)19-8-3-18(4-9-19)16-29(21-12-13-21)23(31)14-7-17-5-10-20(11-6-17)28-15-1-2-22(28)30/h3-11,14,21H,1-2,12-13,15-16H2/b14-7+. The zero-order valence-electron chi connectivity index (χ0n) is 16.9. The summed E-state index contributed by atoms with van der Waals surface area (Å²) in [5, 5.41) is 0. The number of anilines is 1. The highest BCUT2D eigenvalue weighted by molar-refractivity contribution is 5.95. The summed E-state index contributed by atoms with van der Waals surface area (Å²) in [6.07, 6.45) is 2.10. The molecule has 1 aliphatic heterocycles. The van der Waals surface area contributed by atoms with Gasteiger partial charge in [0.15, 0.2) is 0 Å². The number of hydrogen-bond donors (Lipinski definition) is 0. The topological polar surface area (TPSA) is 40.6 Å². The summed E-state index contributed by atoms with van der Waals surface area (Å²) >= 11 is 0. The Morgan fingerprint density at radius 1 is 1.06 bits per heavy atom. The minimum atomic E-state index is -4.37. The highest BCUT2D eigenvalue weighted by Gasteiger charge is 2.32. The summed E-state index contributed by atoms with van der Waals surface area (Å²) in [7, 11) is 0. The van der Waals surface area contributed by atoms with Crippen LogP contribution in [0.25, 0.3) is 6.08 Å². The molecule has 1 saturated heterocycles. The molecule has 0 atom stereocenters. The molecule has 0 unspecified atom stereocenters. The van der Waals surface area contributed by atoms with Crippen LogP contribution < -0.4 is 4.90 Å². The van der Waals surface area contributed by atoms with Crippen molar-refractivity contribution in [2.45, 2.75) is 44.4 Å². The Kier molecular flexibility index (Phi) is 5.85. The van der Waals surface area contributed by atoms with Gasteiger partial charge < -0.3 is 9.80 Å². The van der Waals surface area contributed by atoms with Gasteiger partial charge in [-0.15, -0.1) is 0 Å². The van der Waals surface area contributed by atoms with E-state index in [1.54, 1.807) is 15.9 Å². The Morgan fingerprint density at radius 3 is 2.29 bits per heavy atom. The highest BCUT2D eigenvalue weighted by atomic mass is 19.4. The predicted molar refractivity (Wildman–Crippen MR) is 112 cm³/mol. The molecule has 7 heteroatoms. The average Bonchev–Trinajstić information content (AvgIpc) is 3.50. The van der Waals surface area contributed by atoms with Crippen molar-refractivity contribution in [1.82, 2.24) is 4.90 Å². The molecular weight excluding hydrogens is 405 g/mol. The van der Waals surface area contributed by atoms with E-state index in [9.17, 15) is 22.8 Å². The molecule has 1 saturated carbocycles. The van der Waals surface area contributed by atoms with Crippen LogP contribution in [0.5, 0.6) is 0 Å². The largest absolute Gasteiger partial charge is 0.416 e.